The molecule has 5 nitrogen and oxygen atoms in total. The number of rotatable bonds is 7. The fourth-order valence-corrected chi connectivity index (χ4v) is 3.36. The van der Waals surface area contributed by atoms with E-state index in [2.05, 4.69) is 23.0 Å². The van der Waals surface area contributed by atoms with Crippen molar-refractivity contribution >= 4 is 10.9 Å². The number of aromatic nitrogens is 2. The number of methoxy groups -OCH3 is 1. The average Bonchev–Trinajstić information content (AvgIpc) is 2.64. The Balaban J connectivity index is 1.84. The first-order valence-corrected chi connectivity index (χ1v) is 9.17. The van der Waals surface area contributed by atoms with Gasteiger partial charge in [-0.1, -0.05) is 25.1 Å². The van der Waals surface area contributed by atoms with Gasteiger partial charge in [-0.25, -0.2) is 4.98 Å². The van der Waals surface area contributed by atoms with E-state index in [-0.39, 0.29) is 5.54 Å². The molecule has 0 spiro atoms. The van der Waals surface area contributed by atoms with Gasteiger partial charge in [-0.3, -0.25) is 4.98 Å². The minimum atomic E-state index is -0.216. The smallest absolute Gasteiger partial charge is 0.257 e. The lowest BCUT2D eigenvalue weighted by Crippen LogP contribution is -2.35. The van der Waals surface area contributed by atoms with Crippen molar-refractivity contribution in [1.29, 1.82) is 0 Å². The van der Waals surface area contributed by atoms with Crippen LogP contribution < -0.4 is 15.2 Å². The molecule has 27 heavy (non-hydrogen) atoms. The van der Waals surface area contributed by atoms with Gasteiger partial charge in [0.1, 0.15) is 0 Å². The molecule has 2 N–H and O–H groups in total. The van der Waals surface area contributed by atoms with Crippen molar-refractivity contribution in [2.75, 3.05) is 13.7 Å². The Bertz CT molecular complexity index is 914. The molecule has 0 fully saturated rings. The van der Waals surface area contributed by atoms with Crippen LogP contribution in [0.3, 0.4) is 0 Å². The summed E-state index contributed by atoms with van der Waals surface area (Å²) < 4.78 is 11.4. The topological polar surface area (TPSA) is 70.3 Å². The molecule has 1 atom stereocenters. The minimum absolute atomic E-state index is 0.216. The predicted molar refractivity (Wildman–Crippen MR) is 109 cm³/mol. The summed E-state index contributed by atoms with van der Waals surface area (Å²) in [6, 6.07) is 12.0. The molecule has 5 heteroatoms. The van der Waals surface area contributed by atoms with E-state index < -0.39 is 0 Å². The van der Waals surface area contributed by atoms with Gasteiger partial charge in [0.25, 0.3) is 5.88 Å². The molecule has 142 valence electrons. The molecule has 0 amide bonds. The second kappa shape index (κ2) is 7.92. The number of nitrogens with two attached hydrogens (primary N) is 1. The van der Waals surface area contributed by atoms with Crippen LogP contribution in [0.4, 0.5) is 0 Å². The number of hydrogen-bond acceptors (Lipinski definition) is 5. The van der Waals surface area contributed by atoms with E-state index >= 15 is 0 Å². The Morgan fingerprint density at radius 2 is 1.93 bits per heavy atom. The summed E-state index contributed by atoms with van der Waals surface area (Å²) in [5.74, 6) is 1.44. The second-order valence-electron chi connectivity index (χ2n) is 7.72. The Morgan fingerprint density at radius 1 is 1.15 bits per heavy atom. The van der Waals surface area contributed by atoms with Gasteiger partial charge in [-0.05, 0) is 49.9 Å². The average molecular weight is 365 g/mol. The largest absolute Gasteiger partial charge is 0.491 e. The molecule has 0 radical (unpaired) electrons. The van der Waals surface area contributed by atoms with Crippen LogP contribution in [0.2, 0.25) is 0 Å². The quantitative estimate of drug-likeness (QED) is 0.670. The van der Waals surface area contributed by atoms with Gasteiger partial charge in [0.15, 0.2) is 5.75 Å². The van der Waals surface area contributed by atoms with Crippen molar-refractivity contribution in [3.63, 3.8) is 0 Å². The van der Waals surface area contributed by atoms with Crippen LogP contribution in [-0.2, 0) is 0 Å². The number of hydrogen-bond donors (Lipinski definition) is 1. The van der Waals surface area contributed by atoms with Gasteiger partial charge in [-0.2, -0.15) is 0 Å². The van der Waals surface area contributed by atoms with Gasteiger partial charge in [0.05, 0.1) is 19.2 Å². The van der Waals surface area contributed by atoms with Gasteiger partial charge in [-0.15, -0.1) is 0 Å². The first-order valence-electron chi connectivity index (χ1n) is 9.17. The first-order chi connectivity index (χ1) is 12.9. The summed E-state index contributed by atoms with van der Waals surface area (Å²) in [6.07, 6.45) is 4.50. The van der Waals surface area contributed by atoms with Crippen molar-refractivity contribution in [2.24, 2.45) is 11.7 Å². The van der Waals surface area contributed by atoms with Crippen molar-refractivity contribution in [1.82, 2.24) is 9.97 Å². The Kier molecular flexibility index (Phi) is 5.61. The zero-order valence-electron chi connectivity index (χ0n) is 16.4. The number of ether oxygens (including phenoxy) is 2. The molecule has 0 aliphatic rings. The van der Waals surface area contributed by atoms with Crippen LogP contribution in [0, 0.1) is 5.92 Å². The predicted octanol–water partition coefficient (Wildman–Crippen LogP) is 4.45. The molecule has 3 rings (SSSR count). The standard InChI is InChI=1S/C22H27N3O2/c1-15(12-22(2,3)23)14-27-21-20(26-4)11-16(13-25-21)17-9-10-24-19-8-6-5-7-18(17)19/h5-11,13,15H,12,14,23H2,1-4H3. The first kappa shape index (κ1) is 19.1. The van der Waals surface area contributed by atoms with E-state index in [9.17, 15) is 0 Å². The molecule has 2 aromatic heterocycles. The van der Waals surface area contributed by atoms with Gasteiger partial charge in [0.2, 0.25) is 0 Å². The molecule has 1 unspecified atom stereocenters. The molecule has 2 heterocycles. The number of nitrogens with zero attached hydrogens (tertiary/aromatic N) is 2. The van der Waals surface area contributed by atoms with Crippen molar-refractivity contribution in [3.8, 4) is 22.8 Å². The third-order valence-electron chi connectivity index (χ3n) is 4.38. The van der Waals surface area contributed by atoms with E-state index in [1.165, 1.54) is 0 Å². The van der Waals surface area contributed by atoms with Crippen LogP contribution in [0.15, 0.2) is 48.8 Å². The lowest BCUT2D eigenvalue weighted by atomic mass is 9.93. The maximum atomic E-state index is 6.09. The molecule has 0 saturated carbocycles. The van der Waals surface area contributed by atoms with Crippen LogP contribution in [0.1, 0.15) is 27.2 Å². The third-order valence-corrected chi connectivity index (χ3v) is 4.38. The van der Waals surface area contributed by atoms with Gasteiger partial charge < -0.3 is 15.2 Å². The fourth-order valence-electron chi connectivity index (χ4n) is 3.36. The SMILES string of the molecule is COc1cc(-c2ccnc3ccccc23)cnc1OCC(C)CC(C)(C)N. The lowest BCUT2D eigenvalue weighted by Gasteiger charge is -2.23. The highest BCUT2D eigenvalue weighted by atomic mass is 16.5. The van der Waals surface area contributed by atoms with Crippen molar-refractivity contribution in [2.45, 2.75) is 32.7 Å². The van der Waals surface area contributed by atoms with E-state index in [0.29, 0.717) is 24.2 Å². The molecule has 0 aliphatic heterocycles. The second-order valence-corrected chi connectivity index (χ2v) is 7.72. The van der Waals surface area contributed by atoms with Crippen molar-refractivity contribution < 1.29 is 9.47 Å². The number of pyridine rings is 2. The molecular formula is C22H27N3O2. The highest BCUT2D eigenvalue weighted by Crippen LogP contribution is 2.33. The number of fused-ring (bicyclic) bond motifs is 1. The molecule has 0 bridgehead atoms. The van der Waals surface area contributed by atoms with E-state index in [1.54, 1.807) is 7.11 Å². The monoisotopic (exact) mass is 365 g/mol. The maximum absolute atomic E-state index is 6.09. The summed E-state index contributed by atoms with van der Waals surface area (Å²) in [5.41, 5.74) is 8.86. The van der Waals surface area contributed by atoms with E-state index in [0.717, 1.165) is 28.5 Å². The summed E-state index contributed by atoms with van der Waals surface area (Å²) in [7, 11) is 1.63. The molecular weight excluding hydrogens is 338 g/mol. The van der Waals surface area contributed by atoms with Gasteiger partial charge >= 0.3 is 0 Å². The Morgan fingerprint density at radius 3 is 2.67 bits per heavy atom. The van der Waals surface area contributed by atoms with Crippen LogP contribution in [0.5, 0.6) is 11.6 Å². The number of para-hydroxylation sites is 1. The molecule has 1 aromatic carbocycles. The lowest BCUT2D eigenvalue weighted by molar-refractivity contribution is 0.214. The van der Waals surface area contributed by atoms with Gasteiger partial charge in [0, 0.05) is 28.9 Å². The summed E-state index contributed by atoms with van der Waals surface area (Å²) >= 11 is 0. The summed E-state index contributed by atoms with van der Waals surface area (Å²) in [4.78, 5) is 8.92. The van der Waals surface area contributed by atoms with Crippen molar-refractivity contribution in [3.05, 3.63) is 48.8 Å². The zero-order chi connectivity index (χ0) is 19.4. The third kappa shape index (κ3) is 4.74. The van der Waals surface area contributed by atoms with E-state index in [1.807, 2.05) is 56.6 Å². The Labute approximate surface area is 160 Å². The summed E-state index contributed by atoms with van der Waals surface area (Å²) in [5, 5.41) is 1.08. The fraction of sp³-hybridized carbons (Fsp3) is 0.364. The molecule has 3 aromatic rings. The minimum Gasteiger partial charge on any atom is -0.491 e. The zero-order valence-corrected chi connectivity index (χ0v) is 16.4. The summed E-state index contributed by atoms with van der Waals surface area (Å²) in [6.45, 7) is 6.71. The van der Waals surface area contributed by atoms with Crippen LogP contribution in [-0.4, -0.2) is 29.2 Å². The number of benzene rings is 1. The highest BCUT2D eigenvalue weighted by Gasteiger charge is 2.17. The molecule has 0 aliphatic carbocycles. The van der Waals surface area contributed by atoms with Crippen LogP contribution in [0.25, 0.3) is 22.0 Å². The highest BCUT2D eigenvalue weighted by molar-refractivity contribution is 5.94. The van der Waals surface area contributed by atoms with Crippen LogP contribution >= 0.6 is 0 Å². The molecule has 0 saturated heterocycles. The normalized spacial score (nSPS) is 12.8. The Hall–Kier alpha value is -2.66. The van der Waals surface area contributed by atoms with E-state index in [4.69, 9.17) is 15.2 Å². The maximum Gasteiger partial charge on any atom is 0.257 e.